The number of nitrogens with one attached hydrogen (secondary N) is 1. The zero-order valence-corrected chi connectivity index (χ0v) is 11.9. The summed E-state index contributed by atoms with van der Waals surface area (Å²) in [6.07, 6.45) is 2.49. The number of hydrogen-bond acceptors (Lipinski definition) is 5. The summed E-state index contributed by atoms with van der Waals surface area (Å²) >= 11 is 0. The van der Waals surface area contributed by atoms with Gasteiger partial charge in [0.15, 0.2) is 0 Å². The van der Waals surface area contributed by atoms with Crippen molar-refractivity contribution >= 4 is 5.97 Å². The molecule has 0 bridgehead atoms. The number of carbonyl (C=O) groups is 1. The minimum Gasteiger partial charge on any atom is -0.467 e. The molecule has 108 valence electrons. The molecule has 0 aliphatic heterocycles. The highest BCUT2D eigenvalue weighted by Crippen LogP contribution is 2.08. The average Bonchev–Trinajstić information content (AvgIpc) is 2.85. The Labute approximate surface area is 114 Å². The van der Waals surface area contributed by atoms with Crippen molar-refractivity contribution in [1.82, 2.24) is 5.32 Å². The van der Waals surface area contributed by atoms with Crippen LogP contribution < -0.4 is 5.32 Å². The molecule has 1 aromatic heterocycles. The van der Waals surface area contributed by atoms with E-state index in [0.29, 0.717) is 30.4 Å². The quantitative estimate of drug-likeness (QED) is 0.550. The van der Waals surface area contributed by atoms with Crippen molar-refractivity contribution in [2.45, 2.75) is 26.8 Å². The molecular formula is C14H23NO4. The lowest BCUT2D eigenvalue weighted by Gasteiger charge is -2.06. The molecule has 0 aliphatic carbocycles. The van der Waals surface area contributed by atoms with Crippen molar-refractivity contribution < 1.29 is 18.7 Å². The fourth-order valence-electron chi connectivity index (χ4n) is 1.48. The van der Waals surface area contributed by atoms with Gasteiger partial charge in [-0.25, -0.2) is 4.79 Å². The maximum Gasteiger partial charge on any atom is 0.341 e. The molecule has 1 aromatic rings. The highest BCUT2D eigenvalue weighted by atomic mass is 16.5. The summed E-state index contributed by atoms with van der Waals surface area (Å²) in [6, 6.07) is 1.68. The first kappa shape index (κ1) is 15.7. The van der Waals surface area contributed by atoms with Gasteiger partial charge in [-0.05, 0) is 18.4 Å². The van der Waals surface area contributed by atoms with Gasteiger partial charge in [0, 0.05) is 13.2 Å². The van der Waals surface area contributed by atoms with Gasteiger partial charge in [-0.1, -0.05) is 13.8 Å². The van der Waals surface area contributed by atoms with E-state index in [1.165, 1.54) is 13.4 Å². The Morgan fingerprint density at radius 2 is 2.21 bits per heavy atom. The Balaban J connectivity index is 2.09. The molecule has 0 amide bonds. The molecule has 0 radical (unpaired) electrons. The number of furan rings is 1. The predicted molar refractivity (Wildman–Crippen MR) is 72.0 cm³/mol. The minimum absolute atomic E-state index is 0.382. The van der Waals surface area contributed by atoms with Gasteiger partial charge >= 0.3 is 5.97 Å². The van der Waals surface area contributed by atoms with Crippen LogP contribution in [0.1, 0.15) is 36.4 Å². The van der Waals surface area contributed by atoms with Gasteiger partial charge in [0.2, 0.25) is 0 Å². The van der Waals surface area contributed by atoms with Crippen molar-refractivity contribution in [2.24, 2.45) is 5.92 Å². The number of rotatable bonds is 9. The van der Waals surface area contributed by atoms with Crippen LogP contribution in [0.3, 0.4) is 0 Å². The van der Waals surface area contributed by atoms with Crippen LogP contribution >= 0.6 is 0 Å². The first-order chi connectivity index (χ1) is 9.13. The molecule has 5 nitrogen and oxygen atoms in total. The molecule has 19 heavy (non-hydrogen) atoms. The second-order valence-electron chi connectivity index (χ2n) is 4.76. The van der Waals surface area contributed by atoms with Gasteiger partial charge in [-0.2, -0.15) is 0 Å². The van der Waals surface area contributed by atoms with E-state index in [0.717, 1.165) is 19.6 Å². The maximum absolute atomic E-state index is 11.2. The Morgan fingerprint density at radius 3 is 2.89 bits per heavy atom. The standard InChI is InChI=1S/C14H23NO4/c1-11(2)4-6-18-7-5-15-9-13-8-12(10-19-13)14(16)17-3/h8,10-11,15H,4-7,9H2,1-3H3. The van der Waals surface area contributed by atoms with Gasteiger partial charge in [0.1, 0.15) is 12.0 Å². The molecule has 1 N–H and O–H groups in total. The minimum atomic E-state index is -0.382. The Hall–Kier alpha value is -1.33. The number of esters is 1. The van der Waals surface area contributed by atoms with Crippen molar-refractivity contribution in [3.63, 3.8) is 0 Å². The van der Waals surface area contributed by atoms with Crippen LogP contribution in [0.2, 0.25) is 0 Å². The van der Waals surface area contributed by atoms with E-state index in [1.54, 1.807) is 6.07 Å². The van der Waals surface area contributed by atoms with E-state index in [-0.39, 0.29) is 5.97 Å². The topological polar surface area (TPSA) is 60.7 Å². The first-order valence-corrected chi connectivity index (χ1v) is 6.57. The lowest BCUT2D eigenvalue weighted by atomic mass is 10.1. The SMILES string of the molecule is COC(=O)c1coc(CNCCOCCC(C)C)c1. The van der Waals surface area contributed by atoms with Crippen LogP contribution in [0.4, 0.5) is 0 Å². The van der Waals surface area contributed by atoms with Crippen LogP contribution in [-0.2, 0) is 16.0 Å². The molecule has 5 heteroatoms. The highest BCUT2D eigenvalue weighted by Gasteiger charge is 2.09. The molecule has 0 fully saturated rings. The summed E-state index contributed by atoms with van der Waals surface area (Å²) in [5.41, 5.74) is 0.437. The second kappa shape index (κ2) is 8.72. The normalized spacial score (nSPS) is 10.9. The number of ether oxygens (including phenoxy) is 2. The van der Waals surface area contributed by atoms with Gasteiger partial charge < -0.3 is 19.2 Å². The molecular weight excluding hydrogens is 246 g/mol. The number of carbonyl (C=O) groups excluding carboxylic acids is 1. The Bertz CT molecular complexity index is 373. The predicted octanol–water partition coefficient (Wildman–Crippen LogP) is 2.22. The Morgan fingerprint density at radius 1 is 1.42 bits per heavy atom. The first-order valence-electron chi connectivity index (χ1n) is 6.57. The molecule has 0 saturated heterocycles. The molecule has 0 atom stereocenters. The van der Waals surface area contributed by atoms with Gasteiger partial charge in [-0.15, -0.1) is 0 Å². The fourth-order valence-corrected chi connectivity index (χ4v) is 1.48. The molecule has 0 aromatic carbocycles. The third-order valence-electron chi connectivity index (χ3n) is 2.64. The smallest absolute Gasteiger partial charge is 0.341 e. The molecule has 0 aliphatic rings. The van der Waals surface area contributed by atoms with Crippen LogP contribution in [-0.4, -0.2) is 32.8 Å². The van der Waals surface area contributed by atoms with Gasteiger partial charge in [0.05, 0.1) is 25.8 Å². The lowest BCUT2D eigenvalue weighted by molar-refractivity contribution is 0.0600. The summed E-state index contributed by atoms with van der Waals surface area (Å²) < 4.78 is 15.3. The lowest BCUT2D eigenvalue weighted by Crippen LogP contribution is -2.19. The summed E-state index contributed by atoms with van der Waals surface area (Å²) in [4.78, 5) is 11.2. The van der Waals surface area contributed by atoms with Crippen LogP contribution in [0.5, 0.6) is 0 Å². The molecule has 0 saturated carbocycles. The van der Waals surface area contributed by atoms with E-state index >= 15 is 0 Å². The second-order valence-corrected chi connectivity index (χ2v) is 4.76. The zero-order valence-electron chi connectivity index (χ0n) is 11.9. The van der Waals surface area contributed by atoms with Crippen LogP contribution in [0.25, 0.3) is 0 Å². The molecule has 0 unspecified atom stereocenters. The van der Waals surface area contributed by atoms with Crippen molar-refractivity contribution in [2.75, 3.05) is 26.9 Å². The average molecular weight is 269 g/mol. The summed E-state index contributed by atoms with van der Waals surface area (Å²) in [7, 11) is 1.35. The van der Waals surface area contributed by atoms with E-state index in [9.17, 15) is 4.79 Å². The van der Waals surface area contributed by atoms with Crippen molar-refractivity contribution in [1.29, 1.82) is 0 Å². The van der Waals surface area contributed by atoms with E-state index in [1.807, 2.05) is 0 Å². The highest BCUT2D eigenvalue weighted by molar-refractivity contribution is 5.88. The molecule has 0 spiro atoms. The van der Waals surface area contributed by atoms with Crippen LogP contribution in [0, 0.1) is 5.92 Å². The third-order valence-corrected chi connectivity index (χ3v) is 2.64. The van der Waals surface area contributed by atoms with E-state index < -0.39 is 0 Å². The van der Waals surface area contributed by atoms with E-state index in [4.69, 9.17) is 9.15 Å². The van der Waals surface area contributed by atoms with Crippen LogP contribution in [0.15, 0.2) is 16.7 Å². The van der Waals surface area contributed by atoms with E-state index in [2.05, 4.69) is 23.9 Å². The monoisotopic (exact) mass is 269 g/mol. The third kappa shape index (κ3) is 6.40. The largest absolute Gasteiger partial charge is 0.467 e. The summed E-state index contributed by atoms with van der Waals surface area (Å²) in [5, 5.41) is 3.19. The molecule has 1 rings (SSSR count). The maximum atomic E-state index is 11.2. The van der Waals surface area contributed by atoms with Gasteiger partial charge in [-0.3, -0.25) is 0 Å². The Kier molecular flexibility index (Phi) is 7.22. The van der Waals surface area contributed by atoms with Gasteiger partial charge in [0.25, 0.3) is 0 Å². The summed E-state index contributed by atoms with van der Waals surface area (Å²) in [5.74, 6) is 1.00. The van der Waals surface area contributed by atoms with Crippen molar-refractivity contribution in [3.05, 3.63) is 23.7 Å². The number of methoxy groups -OCH3 is 1. The summed E-state index contributed by atoms with van der Waals surface area (Å²) in [6.45, 7) is 7.16. The molecule has 1 heterocycles. The number of hydrogen-bond donors (Lipinski definition) is 1. The van der Waals surface area contributed by atoms with Crippen molar-refractivity contribution in [3.8, 4) is 0 Å². The zero-order chi connectivity index (χ0) is 14.1. The fraction of sp³-hybridized carbons (Fsp3) is 0.643.